The number of nitrogens with zero attached hydrogens (tertiary/aromatic N) is 1. The van der Waals surface area contributed by atoms with Crippen LogP contribution in [-0.4, -0.2) is 35.2 Å². The molecule has 0 bridgehead atoms. The van der Waals surface area contributed by atoms with Crippen molar-refractivity contribution < 1.29 is 23.1 Å². The molecule has 1 N–H and O–H groups in total. The first-order valence-electron chi connectivity index (χ1n) is 6.02. The summed E-state index contributed by atoms with van der Waals surface area (Å²) in [4.78, 5) is 12.6. The molecule has 0 saturated carbocycles. The van der Waals surface area contributed by atoms with Gasteiger partial charge in [0.05, 0.1) is 0 Å². The van der Waals surface area contributed by atoms with Crippen LogP contribution in [0.5, 0.6) is 0 Å². The van der Waals surface area contributed by atoms with Crippen LogP contribution in [0.2, 0.25) is 0 Å². The number of alkyl halides is 3. The zero-order chi connectivity index (χ0) is 15.0. The summed E-state index contributed by atoms with van der Waals surface area (Å²) in [7, 11) is 0. The van der Waals surface area contributed by atoms with Crippen molar-refractivity contribution in [3.05, 3.63) is 34.3 Å². The summed E-state index contributed by atoms with van der Waals surface area (Å²) in [6.07, 6.45) is -5.14. The van der Waals surface area contributed by atoms with E-state index in [-0.39, 0.29) is 6.54 Å². The van der Waals surface area contributed by atoms with E-state index in [9.17, 15) is 18.0 Å². The molecule has 0 aromatic heterocycles. The minimum Gasteiger partial charge on any atom is -0.481 e. The van der Waals surface area contributed by atoms with E-state index in [0.29, 0.717) is 6.54 Å². The molecule has 1 aliphatic rings. The number of aliphatic carboxylic acids is 1. The fraction of sp³-hybridized carbons (Fsp3) is 0.462. The molecule has 1 aromatic carbocycles. The topological polar surface area (TPSA) is 40.5 Å². The maximum absolute atomic E-state index is 13.0. The summed E-state index contributed by atoms with van der Waals surface area (Å²) in [5.41, 5.74) is -1.80. The SMILES string of the molecule is O=C(O)C1(C(F)(F)F)CCN(Cc2ccccc2Br)C1. The highest BCUT2D eigenvalue weighted by Gasteiger charge is 2.63. The molecule has 0 aliphatic carbocycles. The zero-order valence-corrected chi connectivity index (χ0v) is 12.0. The van der Waals surface area contributed by atoms with Crippen molar-refractivity contribution in [2.24, 2.45) is 5.41 Å². The lowest BCUT2D eigenvalue weighted by atomic mass is 9.86. The number of likely N-dealkylation sites (tertiary alicyclic amines) is 1. The summed E-state index contributed by atoms with van der Waals surface area (Å²) in [6, 6.07) is 7.22. The summed E-state index contributed by atoms with van der Waals surface area (Å²) >= 11 is 3.34. The molecule has 1 aliphatic heterocycles. The molecule has 0 radical (unpaired) electrons. The predicted octanol–water partition coefficient (Wildman–Crippen LogP) is 3.29. The first-order valence-corrected chi connectivity index (χ1v) is 6.81. The van der Waals surface area contributed by atoms with Crippen LogP contribution in [0.15, 0.2) is 28.7 Å². The maximum atomic E-state index is 13.0. The quantitative estimate of drug-likeness (QED) is 0.908. The number of hydrogen-bond donors (Lipinski definition) is 1. The van der Waals surface area contributed by atoms with E-state index in [1.54, 1.807) is 18.2 Å². The number of carboxylic acids is 1. The van der Waals surface area contributed by atoms with Gasteiger partial charge in [-0.05, 0) is 18.1 Å². The van der Waals surface area contributed by atoms with Crippen molar-refractivity contribution >= 4 is 21.9 Å². The molecule has 1 fully saturated rings. The minimum atomic E-state index is -4.73. The van der Waals surface area contributed by atoms with Crippen molar-refractivity contribution in [3.63, 3.8) is 0 Å². The van der Waals surface area contributed by atoms with Gasteiger partial charge in [0.25, 0.3) is 0 Å². The average molecular weight is 352 g/mol. The van der Waals surface area contributed by atoms with Crippen molar-refractivity contribution in [1.82, 2.24) is 4.90 Å². The Morgan fingerprint density at radius 1 is 1.40 bits per heavy atom. The second-order valence-electron chi connectivity index (χ2n) is 4.94. The highest BCUT2D eigenvalue weighted by molar-refractivity contribution is 9.10. The van der Waals surface area contributed by atoms with E-state index in [2.05, 4.69) is 15.9 Å². The molecule has 2 rings (SSSR count). The van der Waals surface area contributed by atoms with Crippen molar-refractivity contribution in [2.75, 3.05) is 13.1 Å². The van der Waals surface area contributed by atoms with Gasteiger partial charge in [0, 0.05) is 24.1 Å². The second kappa shape index (κ2) is 5.37. The first kappa shape index (κ1) is 15.3. The molecule has 1 unspecified atom stereocenters. The molecule has 0 spiro atoms. The van der Waals surface area contributed by atoms with E-state index in [1.165, 1.54) is 4.90 Å². The molecule has 1 atom stereocenters. The van der Waals surface area contributed by atoms with Gasteiger partial charge >= 0.3 is 12.1 Å². The van der Waals surface area contributed by atoms with E-state index >= 15 is 0 Å². The van der Waals surface area contributed by atoms with Gasteiger partial charge in [-0.2, -0.15) is 13.2 Å². The molecule has 0 amide bonds. The molecular formula is C13H13BrF3NO2. The number of carboxylic acid groups (broad SMARTS) is 1. The maximum Gasteiger partial charge on any atom is 0.406 e. The van der Waals surface area contributed by atoms with Crippen LogP contribution >= 0.6 is 15.9 Å². The number of hydrogen-bond acceptors (Lipinski definition) is 2. The molecule has 1 aromatic rings. The third-order valence-corrected chi connectivity index (χ3v) is 4.43. The van der Waals surface area contributed by atoms with E-state index in [4.69, 9.17) is 5.11 Å². The normalized spacial score (nSPS) is 24.0. The van der Waals surface area contributed by atoms with Crippen LogP contribution in [0.4, 0.5) is 13.2 Å². The monoisotopic (exact) mass is 351 g/mol. The van der Waals surface area contributed by atoms with E-state index < -0.39 is 30.5 Å². The highest BCUT2D eigenvalue weighted by atomic mass is 79.9. The van der Waals surface area contributed by atoms with Gasteiger partial charge in [-0.15, -0.1) is 0 Å². The fourth-order valence-corrected chi connectivity index (χ4v) is 2.83. The predicted molar refractivity (Wildman–Crippen MR) is 70.2 cm³/mol. The Kier molecular flexibility index (Phi) is 4.11. The Morgan fingerprint density at radius 2 is 2.05 bits per heavy atom. The van der Waals surface area contributed by atoms with Crippen LogP contribution < -0.4 is 0 Å². The lowest BCUT2D eigenvalue weighted by Crippen LogP contribution is -2.47. The Bertz CT molecular complexity index is 521. The summed E-state index contributed by atoms with van der Waals surface area (Å²) in [6.45, 7) is -0.0904. The molecule has 3 nitrogen and oxygen atoms in total. The van der Waals surface area contributed by atoms with Crippen LogP contribution in [-0.2, 0) is 11.3 Å². The van der Waals surface area contributed by atoms with E-state index in [1.807, 2.05) is 6.07 Å². The molecule has 20 heavy (non-hydrogen) atoms. The number of benzene rings is 1. The Labute approximate surface area is 122 Å². The van der Waals surface area contributed by atoms with E-state index in [0.717, 1.165) is 10.0 Å². The lowest BCUT2D eigenvalue weighted by molar-refractivity contribution is -0.227. The van der Waals surface area contributed by atoms with Gasteiger partial charge < -0.3 is 5.11 Å². The van der Waals surface area contributed by atoms with Crippen LogP contribution in [0, 0.1) is 5.41 Å². The molecular weight excluding hydrogens is 339 g/mol. The zero-order valence-electron chi connectivity index (χ0n) is 10.5. The molecule has 7 heteroatoms. The largest absolute Gasteiger partial charge is 0.481 e. The number of rotatable bonds is 3. The van der Waals surface area contributed by atoms with Gasteiger partial charge in [0.2, 0.25) is 0 Å². The van der Waals surface area contributed by atoms with Gasteiger partial charge in [-0.1, -0.05) is 34.1 Å². The standard InChI is InChI=1S/C13H13BrF3NO2/c14-10-4-2-1-3-9(10)7-18-6-5-12(8-18,11(19)20)13(15,16)17/h1-4H,5-8H2,(H,19,20). The van der Waals surface area contributed by atoms with Crippen molar-refractivity contribution in [1.29, 1.82) is 0 Å². The van der Waals surface area contributed by atoms with Crippen molar-refractivity contribution in [2.45, 2.75) is 19.1 Å². The van der Waals surface area contributed by atoms with Crippen LogP contribution in [0.3, 0.4) is 0 Å². The smallest absolute Gasteiger partial charge is 0.406 e. The Balaban J connectivity index is 2.16. The number of halogens is 4. The fourth-order valence-electron chi connectivity index (χ4n) is 2.42. The van der Waals surface area contributed by atoms with Gasteiger partial charge in [0.1, 0.15) is 0 Å². The summed E-state index contributed by atoms with van der Waals surface area (Å²) in [5.74, 6) is -1.79. The Morgan fingerprint density at radius 3 is 2.55 bits per heavy atom. The van der Waals surface area contributed by atoms with Gasteiger partial charge in [0.15, 0.2) is 5.41 Å². The first-order chi connectivity index (χ1) is 9.26. The van der Waals surface area contributed by atoms with Gasteiger partial charge in [-0.3, -0.25) is 9.69 Å². The molecule has 110 valence electrons. The lowest BCUT2D eigenvalue weighted by Gasteiger charge is -2.27. The molecule has 1 saturated heterocycles. The second-order valence-corrected chi connectivity index (χ2v) is 5.79. The van der Waals surface area contributed by atoms with Crippen LogP contribution in [0.25, 0.3) is 0 Å². The number of carbonyl (C=O) groups is 1. The molecule has 1 heterocycles. The average Bonchev–Trinajstić information content (AvgIpc) is 2.77. The Hall–Kier alpha value is -1.08. The van der Waals surface area contributed by atoms with Crippen LogP contribution in [0.1, 0.15) is 12.0 Å². The summed E-state index contributed by atoms with van der Waals surface area (Å²) < 4.78 is 39.9. The highest BCUT2D eigenvalue weighted by Crippen LogP contribution is 2.46. The third-order valence-electron chi connectivity index (χ3n) is 3.65. The van der Waals surface area contributed by atoms with Gasteiger partial charge in [-0.25, -0.2) is 0 Å². The van der Waals surface area contributed by atoms with Crippen molar-refractivity contribution in [3.8, 4) is 0 Å². The third kappa shape index (κ3) is 2.69. The minimum absolute atomic E-state index is 0.118. The summed E-state index contributed by atoms with van der Waals surface area (Å²) in [5, 5.41) is 8.98.